The summed E-state index contributed by atoms with van der Waals surface area (Å²) in [6, 6.07) is 10.0. The normalized spacial score (nSPS) is 17.4. The van der Waals surface area contributed by atoms with Crippen molar-refractivity contribution in [1.82, 2.24) is 0 Å². The van der Waals surface area contributed by atoms with Crippen molar-refractivity contribution in [3.63, 3.8) is 0 Å². The summed E-state index contributed by atoms with van der Waals surface area (Å²) in [4.78, 5) is 11.6. The van der Waals surface area contributed by atoms with Gasteiger partial charge in [0, 0.05) is 18.8 Å². The van der Waals surface area contributed by atoms with Crippen LogP contribution in [-0.4, -0.2) is 54.3 Å². The molecule has 0 heterocycles. The molecule has 0 aromatic heterocycles. The molecule has 0 aliphatic carbocycles. The average Bonchev–Trinajstić information content (AvgIpc) is 2.84. The fraction of sp³-hybridized carbons (Fsp3) is 0.735. The molecule has 0 spiro atoms. The molecular weight excluding hydrogens is 561 g/mol. The number of hydrogen-bond acceptors (Lipinski definition) is 6. The zero-order chi connectivity index (χ0) is 32.5. The molecule has 8 heteroatoms. The lowest BCUT2D eigenvalue weighted by Gasteiger charge is -2.45. The van der Waals surface area contributed by atoms with Crippen molar-refractivity contribution in [2.24, 2.45) is 11.8 Å². The van der Waals surface area contributed by atoms with E-state index in [2.05, 4.69) is 94.6 Å². The minimum absolute atomic E-state index is 0.0571. The van der Waals surface area contributed by atoms with Gasteiger partial charge in [-0.25, -0.2) is 0 Å². The van der Waals surface area contributed by atoms with Crippen LogP contribution in [0.4, 0.5) is 0 Å². The first-order chi connectivity index (χ1) is 19.1. The van der Waals surface area contributed by atoms with Crippen molar-refractivity contribution >= 4 is 22.6 Å². The van der Waals surface area contributed by atoms with Crippen molar-refractivity contribution in [2.75, 3.05) is 13.4 Å². The van der Waals surface area contributed by atoms with Crippen molar-refractivity contribution < 1.29 is 27.9 Å². The van der Waals surface area contributed by atoms with Crippen LogP contribution >= 0.6 is 0 Å². The minimum Gasteiger partial charge on any atom is -0.465 e. The van der Waals surface area contributed by atoms with Crippen LogP contribution in [0, 0.1) is 11.8 Å². The molecule has 0 radical (unpaired) electrons. The maximum absolute atomic E-state index is 11.6. The van der Waals surface area contributed by atoms with Crippen LogP contribution in [0.15, 0.2) is 42.0 Å². The number of hydrogen-bond donors (Lipinski definition) is 0. The second-order valence-corrected chi connectivity index (χ2v) is 24.5. The lowest BCUT2D eigenvalue weighted by molar-refractivity contribution is -0.145. The molecule has 0 N–H and O–H groups in total. The first-order valence-electron chi connectivity index (χ1n) is 15.5. The van der Waals surface area contributed by atoms with Gasteiger partial charge >= 0.3 is 5.97 Å². The molecule has 1 aromatic carbocycles. The zero-order valence-electron chi connectivity index (χ0n) is 29.4. The second-order valence-electron chi connectivity index (χ2n) is 15.0. The van der Waals surface area contributed by atoms with E-state index in [0.29, 0.717) is 6.61 Å². The highest BCUT2D eigenvalue weighted by Gasteiger charge is 2.44. The van der Waals surface area contributed by atoms with E-state index in [0.717, 1.165) is 11.1 Å². The van der Waals surface area contributed by atoms with Gasteiger partial charge in [-0.1, -0.05) is 91.8 Å². The summed E-state index contributed by atoms with van der Waals surface area (Å²) in [5, 5.41) is 0.170. The summed E-state index contributed by atoms with van der Waals surface area (Å²) in [6.07, 6.45) is 1.78. The molecule has 0 saturated heterocycles. The van der Waals surface area contributed by atoms with Crippen LogP contribution in [0.3, 0.4) is 0 Å². The Bertz CT molecular complexity index is 978. The minimum atomic E-state index is -2.10. The Balaban J connectivity index is 3.28. The molecule has 0 saturated carbocycles. The van der Waals surface area contributed by atoms with Gasteiger partial charge in [0.15, 0.2) is 16.6 Å². The summed E-state index contributed by atoms with van der Waals surface area (Å²) in [7, 11) is -4.12. The molecular formula is C34H62O6Si2. The standard InChI is InChI=1S/C34H62O6Si2/c1-25(31(27(3)22-37-29(5)35)38-24-36-23-30-19-17-16-18-20-30)21-26(2)32(40-42(14,15)34(9,10)11)28(4)39-41(12,13)33(6,7)8/h16-21,26-28,31-32H,22-24H2,1-15H3/b25-21+/t26-,27-,28-,31+,32+/m1/s1. The summed E-state index contributed by atoms with van der Waals surface area (Å²) >= 11 is 0. The van der Waals surface area contributed by atoms with Gasteiger partial charge in [0.1, 0.15) is 6.79 Å². The Kier molecular flexibility index (Phi) is 14.9. The number of ether oxygens (including phenoxy) is 3. The topological polar surface area (TPSA) is 63.2 Å². The number of carbonyl (C=O) groups is 1. The molecule has 242 valence electrons. The van der Waals surface area contributed by atoms with E-state index in [4.69, 9.17) is 23.1 Å². The molecule has 0 bridgehead atoms. The smallest absolute Gasteiger partial charge is 0.302 e. The first kappa shape index (κ1) is 38.7. The number of rotatable bonds is 16. The molecule has 0 fully saturated rings. The third-order valence-electron chi connectivity index (χ3n) is 8.99. The van der Waals surface area contributed by atoms with Gasteiger partial charge in [-0.05, 0) is 61.2 Å². The largest absolute Gasteiger partial charge is 0.465 e. The Morgan fingerprint density at radius 1 is 0.857 bits per heavy atom. The lowest BCUT2D eigenvalue weighted by Crippen LogP contribution is -2.52. The summed E-state index contributed by atoms with van der Waals surface area (Å²) in [5.41, 5.74) is 2.15. The highest BCUT2D eigenvalue weighted by atomic mass is 28.4. The van der Waals surface area contributed by atoms with E-state index in [9.17, 15) is 4.79 Å². The van der Waals surface area contributed by atoms with Crippen LogP contribution in [0.1, 0.15) is 81.7 Å². The second kappa shape index (κ2) is 16.1. The van der Waals surface area contributed by atoms with Gasteiger partial charge in [-0.2, -0.15) is 0 Å². The molecule has 0 aliphatic rings. The Morgan fingerprint density at radius 2 is 1.38 bits per heavy atom. The fourth-order valence-electron chi connectivity index (χ4n) is 4.40. The van der Waals surface area contributed by atoms with Gasteiger partial charge in [-0.3, -0.25) is 4.79 Å². The molecule has 1 rings (SSSR count). The third-order valence-corrected chi connectivity index (χ3v) is 18.0. The quantitative estimate of drug-likeness (QED) is 0.0602. The van der Waals surface area contributed by atoms with Gasteiger partial charge in [0.05, 0.1) is 31.5 Å². The molecule has 1 aromatic rings. The molecule has 42 heavy (non-hydrogen) atoms. The van der Waals surface area contributed by atoms with E-state index in [-0.39, 0.29) is 59.6 Å². The van der Waals surface area contributed by atoms with Crippen LogP contribution in [-0.2, 0) is 34.5 Å². The highest BCUT2D eigenvalue weighted by Crippen LogP contribution is 2.41. The molecule has 5 atom stereocenters. The predicted molar refractivity (Wildman–Crippen MR) is 180 cm³/mol. The van der Waals surface area contributed by atoms with E-state index in [1.807, 2.05) is 37.3 Å². The Labute approximate surface area is 260 Å². The molecule has 0 aliphatic heterocycles. The lowest BCUT2D eigenvalue weighted by atomic mass is 9.92. The average molecular weight is 623 g/mol. The van der Waals surface area contributed by atoms with Crippen molar-refractivity contribution in [3.05, 3.63) is 47.5 Å². The summed E-state index contributed by atoms with van der Waals surface area (Å²) in [5.74, 6) is -0.287. The van der Waals surface area contributed by atoms with Gasteiger partial charge in [0.2, 0.25) is 0 Å². The number of benzene rings is 1. The van der Waals surface area contributed by atoms with Crippen molar-refractivity contribution in [2.45, 2.75) is 137 Å². The van der Waals surface area contributed by atoms with Crippen LogP contribution in [0.25, 0.3) is 0 Å². The SMILES string of the molecule is CC(=O)OC[C@@H](C)[C@@H](OCOCc1ccccc1)/C(C)=C/[C@@H](C)[C@H](O[Si](C)(C)C(C)(C)C)[C@@H](C)O[Si](C)(C)C(C)(C)C. The van der Waals surface area contributed by atoms with Crippen molar-refractivity contribution in [3.8, 4) is 0 Å². The van der Waals surface area contributed by atoms with E-state index in [1.54, 1.807) is 0 Å². The molecule has 6 nitrogen and oxygen atoms in total. The maximum atomic E-state index is 11.6. The number of carbonyl (C=O) groups excluding carboxylic acids is 1. The summed E-state index contributed by atoms with van der Waals surface area (Å²) < 4.78 is 31.6. The maximum Gasteiger partial charge on any atom is 0.302 e. The highest BCUT2D eigenvalue weighted by molar-refractivity contribution is 6.74. The Morgan fingerprint density at radius 3 is 1.88 bits per heavy atom. The third kappa shape index (κ3) is 12.4. The van der Waals surface area contributed by atoms with E-state index < -0.39 is 16.6 Å². The fourth-order valence-corrected chi connectivity index (χ4v) is 7.25. The van der Waals surface area contributed by atoms with Gasteiger partial charge in [0.25, 0.3) is 0 Å². The molecule has 0 amide bonds. The van der Waals surface area contributed by atoms with Gasteiger partial charge in [-0.15, -0.1) is 0 Å². The van der Waals surface area contributed by atoms with E-state index >= 15 is 0 Å². The number of esters is 1. The van der Waals surface area contributed by atoms with Crippen LogP contribution in [0.2, 0.25) is 36.3 Å². The monoisotopic (exact) mass is 622 g/mol. The van der Waals surface area contributed by atoms with Crippen LogP contribution in [0.5, 0.6) is 0 Å². The first-order valence-corrected chi connectivity index (χ1v) is 21.3. The molecule has 0 unspecified atom stereocenters. The van der Waals surface area contributed by atoms with Crippen molar-refractivity contribution in [1.29, 1.82) is 0 Å². The Hall–Kier alpha value is -1.30. The van der Waals surface area contributed by atoms with Gasteiger partial charge < -0.3 is 23.1 Å². The van der Waals surface area contributed by atoms with Crippen LogP contribution < -0.4 is 0 Å². The zero-order valence-corrected chi connectivity index (χ0v) is 31.4. The predicted octanol–water partition coefficient (Wildman–Crippen LogP) is 9.13. The van der Waals surface area contributed by atoms with E-state index in [1.165, 1.54) is 6.92 Å². The summed E-state index contributed by atoms with van der Waals surface area (Å²) in [6.45, 7) is 33.7.